The monoisotopic (exact) mass is 387 g/mol. The smallest absolute Gasteiger partial charge is 0.251 e. The predicted octanol–water partition coefficient (Wildman–Crippen LogP) is 2.46. The number of nitrogens with zero attached hydrogens (tertiary/aromatic N) is 3. The molecule has 1 saturated carbocycles. The van der Waals surface area contributed by atoms with Crippen molar-refractivity contribution in [3.8, 4) is 0 Å². The van der Waals surface area contributed by atoms with E-state index in [1.165, 1.54) is 24.6 Å². The zero-order valence-corrected chi connectivity index (χ0v) is 16.5. The molecule has 27 heavy (non-hydrogen) atoms. The third-order valence-electron chi connectivity index (χ3n) is 4.69. The summed E-state index contributed by atoms with van der Waals surface area (Å²) in [6, 6.07) is 9.08. The highest BCUT2D eigenvalue weighted by Gasteiger charge is 2.20. The number of nitrogens with one attached hydrogen (secondary N) is 2. The van der Waals surface area contributed by atoms with Crippen LogP contribution in [0.5, 0.6) is 0 Å². The highest BCUT2D eigenvalue weighted by molar-refractivity contribution is 7.99. The first-order valence-electron chi connectivity index (χ1n) is 9.22. The van der Waals surface area contributed by atoms with Gasteiger partial charge in [-0.25, -0.2) is 0 Å². The lowest BCUT2D eigenvalue weighted by atomic mass is 10.2. The first kappa shape index (κ1) is 19.4. The van der Waals surface area contributed by atoms with Gasteiger partial charge in [0.05, 0.1) is 11.8 Å². The van der Waals surface area contributed by atoms with Crippen molar-refractivity contribution in [2.24, 2.45) is 7.05 Å². The minimum atomic E-state index is -0.295. The van der Waals surface area contributed by atoms with E-state index in [4.69, 9.17) is 0 Å². The minimum Gasteiger partial charge on any atom is -0.353 e. The van der Waals surface area contributed by atoms with Crippen LogP contribution in [0.2, 0.25) is 0 Å². The molecule has 0 bridgehead atoms. The van der Waals surface area contributed by atoms with Crippen molar-refractivity contribution in [2.75, 3.05) is 5.75 Å². The van der Waals surface area contributed by atoms with E-state index in [0.29, 0.717) is 28.3 Å². The van der Waals surface area contributed by atoms with Crippen molar-refractivity contribution in [1.29, 1.82) is 0 Å². The number of thioether (sulfide) groups is 1. The molecular weight excluding hydrogens is 362 g/mol. The van der Waals surface area contributed by atoms with Crippen molar-refractivity contribution in [1.82, 2.24) is 25.4 Å². The van der Waals surface area contributed by atoms with Gasteiger partial charge in [-0.3, -0.25) is 9.59 Å². The predicted molar refractivity (Wildman–Crippen MR) is 104 cm³/mol. The van der Waals surface area contributed by atoms with Crippen molar-refractivity contribution < 1.29 is 9.59 Å². The van der Waals surface area contributed by atoms with Gasteiger partial charge >= 0.3 is 0 Å². The number of carbonyl (C=O) groups is 2. The second kappa shape index (κ2) is 9.03. The van der Waals surface area contributed by atoms with Crippen LogP contribution in [0.3, 0.4) is 0 Å². The molecule has 0 aliphatic heterocycles. The van der Waals surface area contributed by atoms with E-state index < -0.39 is 0 Å². The largest absolute Gasteiger partial charge is 0.353 e. The van der Waals surface area contributed by atoms with E-state index in [1.807, 2.05) is 36.7 Å². The quantitative estimate of drug-likeness (QED) is 0.713. The molecule has 2 amide bonds. The van der Waals surface area contributed by atoms with Gasteiger partial charge in [-0.15, -0.1) is 10.2 Å². The summed E-state index contributed by atoms with van der Waals surface area (Å²) in [4.78, 5) is 24.4. The molecule has 1 aliphatic carbocycles. The lowest BCUT2D eigenvalue weighted by Gasteiger charge is -2.14. The van der Waals surface area contributed by atoms with Crippen LogP contribution < -0.4 is 10.6 Å². The van der Waals surface area contributed by atoms with Gasteiger partial charge in [-0.1, -0.05) is 42.8 Å². The van der Waals surface area contributed by atoms with Gasteiger partial charge in [0.1, 0.15) is 0 Å². The number of rotatable bonds is 7. The number of hydrogen-bond donors (Lipinski definition) is 2. The lowest BCUT2D eigenvalue weighted by Crippen LogP contribution is -2.33. The van der Waals surface area contributed by atoms with Crippen molar-refractivity contribution in [2.45, 2.75) is 49.8 Å². The van der Waals surface area contributed by atoms with Crippen LogP contribution >= 0.6 is 11.8 Å². The second-order valence-corrected chi connectivity index (χ2v) is 7.74. The van der Waals surface area contributed by atoms with Crippen LogP contribution in [0, 0.1) is 0 Å². The van der Waals surface area contributed by atoms with E-state index in [-0.39, 0.29) is 17.9 Å². The fraction of sp³-hybridized carbons (Fsp3) is 0.474. The topological polar surface area (TPSA) is 88.9 Å². The highest BCUT2D eigenvalue weighted by Crippen LogP contribution is 2.21. The van der Waals surface area contributed by atoms with Gasteiger partial charge in [0, 0.05) is 18.7 Å². The summed E-state index contributed by atoms with van der Waals surface area (Å²) in [6.07, 6.45) is 4.53. The van der Waals surface area contributed by atoms with E-state index in [0.717, 1.165) is 12.8 Å². The maximum Gasteiger partial charge on any atom is 0.251 e. The van der Waals surface area contributed by atoms with Gasteiger partial charge in [-0.2, -0.15) is 0 Å². The van der Waals surface area contributed by atoms with E-state index >= 15 is 0 Å². The Kier molecular flexibility index (Phi) is 6.49. The first-order chi connectivity index (χ1) is 13.0. The summed E-state index contributed by atoms with van der Waals surface area (Å²) >= 11 is 1.36. The zero-order valence-electron chi connectivity index (χ0n) is 15.6. The van der Waals surface area contributed by atoms with Gasteiger partial charge in [0.15, 0.2) is 11.0 Å². The Hall–Kier alpha value is -2.35. The molecule has 0 saturated heterocycles. The third kappa shape index (κ3) is 5.09. The van der Waals surface area contributed by atoms with Crippen LogP contribution in [0.15, 0.2) is 35.5 Å². The standard InChI is InChI=1S/C19H25N5O2S/c1-13(20-18(26)14-8-4-3-5-9-14)17-22-23-19(24(17)2)27-12-16(25)21-15-10-6-7-11-15/h3-5,8-9,13,15H,6-7,10-12H2,1-2H3,(H,20,26)(H,21,25)/t13-/m0/s1. The molecule has 144 valence electrons. The zero-order chi connectivity index (χ0) is 19.2. The van der Waals surface area contributed by atoms with E-state index in [9.17, 15) is 9.59 Å². The normalized spacial score (nSPS) is 15.5. The molecule has 0 radical (unpaired) electrons. The van der Waals surface area contributed by atoms with Crippen LogP contribution in [0.25, 0.3) is 0 Å². The average molecular weight is 388 g/mol. The molecule has 8 heteroatoms. The number of carbonyl (C=O) groups excluding carboxylic acids is 2. The fourth-order valence-corrected chi connectivity index (χ4v) is 3.96. The van der Waals surface area contributed by atoms with Crippen LogP contribution in [-0.2, 0) is 11.8 Å². The number of benzene rings is 1. The van der Waals surface area contributed by atoms with Gasteiger partial charge < -0.3 is 15.2 Å². The van der Waals surface area contributed by atoms with Crippen LogP contribution in [0.4, 0.5) is 0 Å². The Bertz CT molecular complexity index is 787. The number of amides is 2. The Balaban J connectivity index is 1.54. The van der Waals surface area contributed by atoms with Gasteiger partial charge in [-0.05, 0) is 31.9 Å². The molecule has 1 heterocycles. The van der Waals surface area contributed by atoms with Crippen LogP contribution in [-0.4, -0.2) is 38.4 Å². The Labute approximate surface area is 163 Å². The summed E-state index contributed by atoms with van der Waals surface area (Å²) in [5.41, 5.74) is 0.602. The molecule has 1 aromatic carbocycles. The SMILES string of the molecule is C[C@H](NC(=O)c1ccccc1)c1nnc(SCC(=O)NC2CCCC2)n1C. The highest BCUT2D eigenvalue weighted by atomic mass is 32.2. The molecule has 1 aliphatic rings. The Morgan fingerprint density at radius 2 is 1.93 bits per heavy atom. The number of aromatic nitrogens is 3. The maximum absolute atomic E-state index is 12.3. The molecule has 3 rings (SSSR count). The van der Waals surface area contributed by atoms with Gasteiger partial charge in [0.2, 0.25) is 5.91 Å². The van der Waals surface area contributed by atoms with E-state index in [2.05, 4.69) is 20.8 Å². The van der Waals surface area contributed by atoms with E-state index in [1.54, 1.807) is 12.1 Å². The first-order valence-corrected chi connectivity index (χ1v) is 10.2. The second-order valence-electron chi connectivity index (χ2n) is 6.80. The summed E-state index contributed by atoms with van der Waals surface area (Å²) in [6.45, 7) is 1.87. The Morgan fingerprint density at radius 3 is 2.63 bits per heavy atom. The third-order valence-corrected chi connectivity index (χ3v) is 5.71. The summed E-state index contributed by atoms with van der Waals surface area (Å²) < 4.78 is 1.82. The molecule has 2 N–H and O–H groups in total. The van der Waals surface area contributed by atoms with Crippen LogP contribution in [0.1, 0.15) is 54.8 Å². The molecule has 0 unspecified atom stereocenters. The molecule has 1 aromatic heterocycles. The minimum absolute atomic E-state index is 0.0295. The fourth-order valence-electron chi connectivity index (χ4n) is 3.23. The maximum atomic E-state index is 12.3. The average Bonchev–Trinajstić information content (AvgIpc) is 3.30. The Morgan fingerprint density at radius 1 is 1.22 bits per heavy atom. The molecule has 0 spiro atoms. The van der Waals surface area contributed by atoms with Crippen molar-refractivity contribution in [3.63, 3.8) is 0 Å². The molecular formula is C19H25N5O2S. The van der Waals surface area contributed by atoms with Gasteiger partial charge in [0.25, 0.3) is 5.91 Å². The molecule has 1 fully saturated rings. The summed E-state index contributed by atoms with van der Waals surface area (Å²) in [5, 5.41) is 15.0. The summed E-state index contributed by atoms with van der Waals surface area (Å²) in [7, 11) is 1.84. The molecule has 7 nitrogen and oxygen atoms in total. The molecule has 1 atom stereocenters. The lowest BCUT2D eigenvalue weighted by molar-refractivity contribution is -0.119. The molecule has 2 aromatic rings. The number of hydrogen-bond acceptors (Lipinski definition) is 5. The summed E-state index contributed by atoms with van der Waals surface area (Å²) in [5.74, 6) is 0.837. The van der Waals surface area contributed by atoms with Crippen molar-refractivity contribution in [3.05, 3.63) is 41.7 Å². The van der Waals surface area contributed by atoms with Crippen molar-refractivity contribution >= 4 is 23.6 Å².